The van der Waals surface area contributed by atoms with Crippen molar-refractivity contribution >= 4 is 0 Å². The molecule has 22 heavy (non-hydrogen) atoms. The fraction of sp³-hybridized carbons (Fsp3) is 0.938. The molecule has 0 bridgehead atoms. The van der Waals surface area contributed by atoms with Crippen molar-refractivity contribution in [3.05, 3.63) is 5.82 Å². The zero-order valence-electron chi connectivity index (χ0n) is 15.2. The van der Waals surface area contributed by atoms with Crippen LogP contribution in [-0.2, 0) is 5.54 Å². The van der Waals surface area contributed by atoms with Gasteiger partial charge in [0.2, 0.25) is 5.82 Å². The molecule has 1 aliphatic heterocycles. The predicted molar refractivity (Wildman–Crippen MR) is 86.9 cm³/mol. The van der Waals surface area contributed by atoms with Crippen molar-refractivity contribution in [2.45, 2.75) is 59.5 Å². The molecule has 0 amide bonds. The van der Waals surface area contributed by atoms with Gasteiger partial charge < -0.3 is 9.80 Å². The SMILES string of the molecule is CCC[NH+]1CC[NH+]([C@@H](c2nnnn2C(C)(C)C)C(C)C)CC1. The van der Waals surface area contributed by atoms with Gasteiger partial charge in [0.05, 0.1) is 12.1 Å². The molecular weight excluding hydrogens is 276 g/mol. The highest BCUT2D eigenvalue weighted by Gasteiger charge is 2.37. The molecule has 0 aromatic carbocycles. The van der Waals surface area contributed by atoms with Gasteiger partial charge in [0, 0.05) is 5.92 Å². The Bertz CT molecular complexity index is 453. The van der Waals surface area contributed by atoms with Crippen LogP contribution < -0.4 is 9.80 Å². The first kappa shape index (κ1) is 17.3. The molecule has 0 saturated carbocycles. The fourth-order valence-corrected chi connectivity index (χ4v) is 3.66. The van der Waals surface area contributed by atoms with E-state index in [0.29, 0.717) is 12.0 Å². The van der Waals surface area contributed by atoms with E-state index in [1.54, 1.807) is 9.80 Å². The maximum Gasteiger partial charge on any atom is 0.210 e. The van der Waals surface area contributed by atoms with Gasteiger partial charge in [-0.25, -0.2) is 4.68 Å². The normalized spacial score (nSPS) is 24.7. The van der Waals surface area contributed by atoms with Crippen LogP contribution in [0.4, 0.5) is 0 Å². The summed E-state index contributed by atoms with van der Waals surface area (Å²) in [5, 5.41) is 12.7. The van der Waals surface area contributed by atoms with E-state index in [1.807, 2.05) is 4.68 Å². The van der Waals surface area contributed by atoms with Crippen molar-refractivity contribution in [1.29, 1.82) is 0 Å². The first-order valence-electron chi connectivity index (χ1n) is 8.81. The van der Waals surface area contributed by atoms with Gasteiger partial charge in [-0.05, 0) is 37.6 Å². The highest BCUT2D eigenvalue weighted by atomic mass is 15.6. The Kier molecular flexibility index (Phi) is 5.55. The third-order valence-electron chi connectivity index (χ3n) is 4.72. The average Bonchev–Trinajstić information content (AvgIpc) is 2.90. The quantitative estimate of drug-likeness (QED) is 0.758. The topological polar surface area (TPSA) is 52.5 Å². The molecule has 1 aromatic rings. The summed E-state index contributed by atoms with van der Waals surface area (Å²) in [6.45, 7) is 19.7. The summed E-state index contributed by atoms with van der Waals surface area (Å²) in [6.07, 6.45) is 1.28. The minimum Gasteiger partial charge on any atom is -0.326 e. The van der Waals surface area contributed by atoms with Gasteiger partial charge in [0.25, 0.3) is 0 Å². The molecule has 1 fully saturated rings. The molecule has 0 aliphatic carbocycles. The fourth-order valence-electron chi connectivity index (χ4n) is 3.66. The van der Waals surface area contributed by atoms with Crippen LogP contribution in [0.5, 0.6) is 0 Å². The van der Waals surface area contributed by atoms with E-state index in [0.717, 1.165) is 5.82 Å². The summed E-state index contributed by atoms with van der Waals surface area (Å²) >= 11 is 0. The number of rotatable bonds is 5. The van der Waals surface area contributed by atoms with E-state index in [-0.39, 0.29) is 5.54 Å². The minimum absolute atomic E-state index is 0.0688. The Hall–Kier alpha value is -1.01. The second-order valence-corrected chi connectivity index (χ2v) is 8.00. The van der Waals surface area contributed by atoms with Gasteiger partial charge in [-0.1, -0.05) is 20.8 Å². The predicted octanol–water partition coefficient (Wildman–Crippen LogP) is -0.681. The van der Waals surface area contributed by atoms with Crippen LogP contribution in [0.3, 0.4) is 0 Å². The van der Waals surface area contributed by atoms with E-state index >= 15 is 0 Å². The summed E-state index contributed by atoms with van der Waals surface area (Å²) in [5.74, 6) is 1.59. The van der Waals surface area contributed by atoms with Gasteiger partial charge in [0.15, 0.2) is 6.04 Å². The van der Waals surface area contributed by atoms with E-state index in [9.17, 15) is 0 Å². The van der Waals surface area contributed by atoms with Crippen molar-refractivity contribution in [2.24, 2.45) is 5.92 Å². The number of aromatic nitrogens is 4. The number of tetrazole rings is 1. The average molecular weight is 310 g/mol. The molecular formula is C16H34N6+2. The van der Waals surface area contributed by atoms with E-state index in [4.69, 9.17) is 0 Å². The Morgan fingerprint density at radius 2 is 1.77 bits per heavy atom. The van der Waals surface area contributed by atoms with Crippen molar-refractivity contribution < 1.29 is 9.80 Å². The third-order valence-corrected chi connectivity index (χ3v) is 4.72. The van der Waals surface area contributed by atoms with Gasteiger partial charge in [0.1, 0.15) is 26.2 Å². The number of hydrogen-bond acceptors (Lipinski definition) is 3. The van der Waals surface area contributed by atoms with Crippen LogP contribution in [0.15, 0.2) is 0 Å². The van der Waals surface area contributed by atoms with Crippen molar-refractivity contribution in [1.82, 2.24) is 20.2 Å². The molecule has 1 aliphatic rings. The zero-order valence-corrected chi connectivity index (χ0v) is 15.2. The summed E-state index contributed by atoms with van der Waals surface area (Å²) in [7, 11) is 0. The molecule has 126 valence electrons. The van der Waals surface area contributed by atoms with Crippen LogP contribution in [0.25, 0.3) is 0 Å². The standard InChI is InChI=1S/C16H32N6/c1-7-8-20-9-11-21(12-10-20)14(13(2)3)15-17-18-19-22(15)16(4,5)6/h13-14H,7-12H2,1-6H3/p+2/t14-/m1/s1. The van der Waals surface area contributed by atoms with Gasteiger partial charge >= 0.3 is 0 Å². The Morgan fingerprint density at radius 3 is 2.27 bits per heavy atom. The van der Waals surface area contributed by atoms with E-state index < -0.39 is 0 Å². The zero-order chi connectivity index (χ0) is 16.3. The molecule has 2 heterocycles. The highest BCUT2D eigenvalue weighted by molar-refractivity contribution is 4.93. The highest BCUT2D eigenvalue weighted by Crippen LogP contribution is 2.21. The van der Waals surface area contributed by atoms with Crippen LogP contribution in [-0.4, -0.2) is 52.9 Å². The lowest BCUT2D eigenvalue weighted by atomic mass is 9.99. The molecule has 0 radical (unpaired) electrons. The lowest BCUT2D eigenvalue weighted by molar-refractivity contribution is -1.03. The number of piperazine rings is 1. The first-order valence-corrected chi connectivity index (χ1v) is 8.81. The summed E-state index contributed by atoms with van der Waals surface area (Å²) in [6, 6.07) is 0.386. The molecule has 2 N–H and O–H groups in total. The largest absolute Gasteiger partial charge is 0.326 e. The number of quaternary nitrogens is 2. The number of hydrogen-bond donors (Lipinski definition) is 2. The first-order chi connectivity index (χ1) is 10.3. The van der Waals surface area contributed by atoms with E-state index in [1.165, 1.54) is 39.1 Å². The minimum atomic E-state index is -0.0688. The van der Waals surface area contributed by atoms with Crippen LogP contribution in [0, 0.1) is 5.92 Å². The van der Waals surface area contributed by atoms with Crippen molar-refractivity contribution in [2.75, 3.05) is 32.7 Å². The monoisotopic (exact) mass is 310 g/mol. The van der Waals surface area contributed by atoms with Crippen molar-refractivity contribution in [3.63, 3.8) is 0 Å². The van der Waals surface area contributed by atoms with Crippen LogP contribution in [0.2, 0.25) is 0 Å². The molecule has 1 atom stereocenters. The number of nitrogens with one attached hydrogen (secondary N) is 2. The van der Waals surface area contributed by atoms with Crippen LogP contribution in [0.1, 0.15) is 59.8 Å². The summed E-state index contributed by atoms with van der Waals surface area (Å²) in [5.41, 5.74) is -0.0688. The summed E-state index contributed by atoms with van der Waals surface area (Å²) < 4.78 is 2.02. The molecule has 6 nitrogen and oxygen atoms in total. The van der Waals surface area contributed by atoms with E-state index in [2.05, 4.69) is 57.1 Å². The molecule has 1 saturated heterocycles. The van der Waals surface area contributed by atoms with Crippen molar-refractivity contribution in [3.8, 4) is 0 Å². The number of nitrogens with zero attached hydrogens (tertiary/aromatic N) is 4. The summed E-state index contributed by atoms with van der Waals surface area (Å²) in [4.78, 5) is 3.40. The maximum absolute atomic E-state index is 4.41. The Morgan fingerprint density at radius 1 is 1.14 bits per heavy atom. The maximum atomic E-state index is 4.41. The smallest absolute Gasteiger partial charge is 0.210 e. The second-order valence-electron chi connectivity index (χ2n) is 8.00. The molecule has 6 heteroatoms. The lowest BCUT2D eigenvalue weighted by Gasteiger charge is -2.36. The van der Waals surface area contributed by atoms with Gasteiger partial charge in [-0.15, -0.1) is 5.10 Å². The second kappa shape index (κ2) is 7.04. The van der Waals surface area contributed by atoms with Crippen LogP contribution >= 0.6 is 0 Å². The Balaban J connectivity index is 2.17. The third kappa shape index (κ3) is 3.84. The molecule has 1 aromatic heterocycles. The lowest BCUT2D eigenvalue weighted by Crippen LogP contribution is -3.28. The van der Waals surface area contributed by atoms with Gasteiger partial charge in [-0.3, -0.25) is 0 Å². The molecule has 2 rings (SSSR count). The molecule has 0 unspecified atom stereocenters. The molecule has 0 spiro atoms. The van der Waals surface area contributed by atoms with Gasteiger partial charge in [-0.2, -0.15) is 0 Å². The Labute approximate surface area is 134 Å².